The second kappa shape index (κ2) is 8.82. The Labute approximate surface area is 176 Å². The van der Waals surface area contributed by atoms with E-state index in [1.165, 1.54) is 12.1 Å². The van der Waals surface area contributed by atoms with Gasteiger partial charge < -0.3 is 4.74 Å². The second-order valence-corrected chi connectivity index (χ2v) is 7.96. The molecule has 0 N–H and O–H groups in total. The number of para-hydroxylation sites is 1. The summed E-state index contributed by atoms with van der Waals surface area (Å²) in [6.45, 7) is 1.96. The first-order valence-corrected chi connectivity index (χ1v) is 10.6. The van der Waals surface area contributed by atoms with Crippen molar-refractivity contribution in [3.8, 4) is 16.9 Å². The minimum Gasteiger partial charge on any atom is -0.496 e. The highest BCUT2D eigenvalue weighted by Gasteiger charge is 2.24. The topological polar surface area (TPSA) is 44.1 Å². The molecule has 0 spiro atoms. The van der Waals surface area contributed by atoms with Gasteiger partial charge in [-0.2, -0.15) is 5.10 Å². The Hall–Kier alpha value is -2.95. The molecule has 0 unspecified atom stereocenters. The Kier molecular flexibility index (Phi) is 5.98. The Morgan fingerprint density at radius 3 is 2.60 bits per heavy atom. The molecular formula is C25H27FN2O2. The van der Waals surface area contributed by atoms with Crippen LogP contribution in [0.15, 0.2) is 53.3 Å². The molecule has 5 heteroatoms. The first kappa shape index (κ1) is 20.3. The lowest BCUT2D eigenvalue weighted by atomic mass is 9.94. The van der Waals surface area contributed by atoms with Gasteiger partial charge in [-0.3, -0.25) is 4.79 Å². The van der Waals surface area contributed by atoms with Crippen LogP contribution in [0.1, 0.15) is 48.5 Å². The van der Waals surface area contributed by atoms with Crippen molar-refractivity contribution < 1.29 is 9.13 Å². The van der Waals surface area contributed by atoms with Crippen molar-refractivity contribution >= 4 is 0 Å². The van der Waals surface area contributed by atoms with Gasteiger partial charge in [-0.05, 0) is 56.4 Å². The monoisotopic (exact) mass is 406 g/mol. The van der Waals surface area contributed by atoms with Gasteiger partial charge in [0.15, 0.2) is 0 Å². The summed E-state index contributed by atoms with van der Waals surface area (Å²) in [6, 6.07) is 14.5. The van der Waals surface area contributed by atoms with Gasteiger partial charge >= 0.3 is 0 Å². The highest BCUT2D eigenvalue weighted by atomic mass is 19.1. The van der Waals surface area contributed by atoms with Crippen LogP contribution in [0, 0.1) is 12.7 Å². The van der Waals surface area contributed by atoms with Crippen LogP contribution in [0.2, 0.25) is 0 Å². The molecule has 1 aliphatic rings. The lowest BCUT2D eigenvalue weighted by Gasteiger charge is -2.20. The van der Waals surface area contributed by atoms with E-state index in [1.807, 2.05) is 37.3 Å². The molecule has 30 heavy (non-hydrogen) atoms. The first-order chi connectivity index (χ1) is 14.6. The summed E-state index contributed by atoms with van der Waals surface area (Å²) in [5.74, 6) is 0.458. The van der Waals surface area contributed by atoms with Crippen molar-refractivity contribution in [2.45, 2.75) is 51.5 Å². The Balaban J connectivity index is 1.83. The zero-order chi connectivity index (χ0) is 21.1. The normalized spacial score (nSPS) is 14.2. The molecule has 1 fully saturated rings. The van der Waals surface area contributed by atoms with E-state index < -0.39 is 0 Å². The second-order valence-electron chi connectivity index (χ2n) is 7.96. The molecule has 4 nitrogen and oxygen atoms in total. The number of ether oxygens (including phenoxy) is 1. The van der Waals surface area contributed by atoms with Crippen LogP contribution in [0.3, 0.4) is 0 Å². The largest absolute Gasteiger partial charge is 0.496 e. The molecule has 1 aromatic heterocycles. The molecule has 1 heterocycles. The highest BCUT2D eigenvalue weighted by Crippen LogP contribution is 2.35. The van der Waals surface area contributed by atoms with Crippen molar-refractivity contribution in [1.29, 1.82) is 0 Å². The van der Waals surface area contributed by atoms with Crippen LogP contribution < -0.4 is 10.3 Å². The van der Waals surface area contributed by atoms with Crippen molar-refractivity contribution in [1.82, 2.24) is 9.78 Å². The average Bonchev–Trinajstić information content (AvgIpc) is 3.28. The molecule has 0 amide bonds. The number of halogens is 1. The molecule has 0 atom stereocenters. The average molecular weight is 407 g/mol. The van der Waals surface area contributed by atoms with Crippen molar-refractivity contribution in [2.75, 3.05) is 7.11 Å². The molecule has 0 aliphatic heterocycles. The molecule has 1 saturated carbocycles. The Morgan fingerprint density at radius 1 is 1.10 bits per heavy atom. The van der Waals surface area contributed by atoms with Gasteiger partial charge in [-0.25, -0.2) is 9.07 Å². The van der Waals surface area contributed by atoms with Crippen LogP contribution >= 0.6 is 0 Å². The van der Waals surface area contributed by atoms with E-state index in [-0.39, 0.29) is 17.4 Å². The Bertz CT molecular complexity index is 1100. The summed E-state index contributed by atoms with van der Waals surface area (Å²) in [4.78, 5) is 13.6. The van der Waals surface area contributed by atoms with E-state index in [9.17, 15) is 9.18 Å². The zero-order valence-electron chi connectivity index (χ0n) is 17.5. The smallest absolute Gasteiger partial charge is 0.270 e. The van der Waals surface area contributed by atoms with Gasteiger partial charge in [0, 0.05) is 16.7 Å². The minimum absolute atomic E-state index is 0.0372. The van der Waals surface area contributed by atoms with Gasteiger partial charge in [-0.1, -0.05) is 43.2 Å². The van der Waals surface area contributed by atoms with Crippen molar-refractivity contribution in [3.63, 3.8) is 0 Å². The predicted octanol–water partition coefficient (Wildman–Crippen LogP) is 5.27. The van der Waals surface area contributed by atoms with Crippen LogP contribution in [0.4, 0.5) is 4.39 Å². The number of rotatable bonds is 6. The number of benzene rings is 2. The van der Waals surface area contributed by atoms with E-state index in [1.54, 1.807) is 17.9 Å². The molecule has 2 aromatic carbocycles. The summed E-state index contributed by atoms with van der Waals surface area (Å²) in [6.07, 6.45) is 5.35. The SMILES string of the molecule is COc1ccccc1-c1c(C)nn(C2CCCC2)c(=O)c1CCc1cccc(F)c1. The van der Waals surface area contributed by atoms with Crippen molar-refractivity contribution in [2.24, 2.45) is 0 Å². The Morgan fingerprint density at radius 2 is 1.87 bits per heavy atom. The molecule has 0 bridgehead atoms. The maximum Gasteiger partial charge on any atom is 0.270 e. The van der Waals surface area contributed by atoms with E-state index in [4.69, 9.17) is 9.84 Å². The fourth-order valence-electron chi connectivity index (χ4n) is 4.52. The quantitative estimate of drug-likeness (QED) is 0.560. The third-order valence-corrected chi connectivity index (χ3v) is 5.99. The third kappa shape index (κ3) is 4.02. The lowest BCUT2D eigenvalue weighted by Crippen LogP contribution is -2.31. The van der Waals surface area contributed by atoms with Gasteiger partial charge in [0.1, 0.15) is 11.6 Å². The molecule has 4 rings (SSSR count). The summed E-state index contributed by atoms with van der Waals surface area (Å²) >= 11 is 0. The van der Waals surface area contributed by atoms with Gasteiger partial charge in [0.2, 0.25) is 0 Å². The summed E-state index contributed by atoms with van der Waals surface area (Å²) in [7, 11) is 1.63. The van der Waals surface area contributed by atoms with Crippen LogP contribution in [0.25, 0.3) is 11.1 Å². The third-order valence-electron chi connectivity index (χ3n) is 5.99. The standard InChI is InChI=1S/C25H27FN2O2/c1-17-24(21-12-5-6-13-23(21)30-2)22(15-14-18-8-7-9-19(26)16-18)25(29)28(27-17)20-10-3-4-11-20/h5-9,12-13,16,20H,3-4,10-11,14-15H2,1-2H3. The number of hydrogen-bond acceptors (Lipinski definition) is 3. The van der Waals surface area contributed by atoms with Gasteiger partial charge in [0.05, 0.1) is 18.8 Å². The highest BCUT2D eigenvalue weighted by molar-refractivity contribution is 5.75. The molecule has 156 valence electrons. The molecule has 1 aliphatic carbocycles. The number of hydrogen-bond donors (Lipinski definition) is 0. The van der Waals surface area contributed by atoms with Crippen LogP contribution in [0.5, 0.6) is 5.75 Å². The predicted molar refractivity (Wildman–Crippen MR) is 117 cm³/mol. The fourth-order valence-corrected chi connectivity index (χ4v) is 4.52. The van der Waals surface area contributed by atoms with Crippen molar-refractivity contribution in [3.05, 3.63) is 81.5 Å². The first-order valence-electron chi connectivity index (χ1n) is 10.6. The van der Waals surface area contributed by atoms with E-state index >= 15 is 0 Å². The molecule has 0 radical (unpaired) electrons. The minimum atomic E-state index is -0.258. The molecular weight excluding hydrogens is 379 g/mol. The zero-order valence-corrected chi connectivity index (χ0v) is 17.5. The van der Waals surface area contributed by atoms with Gasteiger partial charge in [0.25, 0.3) is 5.56 Å². The summed E-state index contributed by atoms with van der Waals surface area (Å²) < 4.78 is 20.9. The van der Waals surface area contributed by atoms with Crippen LogP contribution in [-0.4, -0.2) is 16.9 Å². The van der Waals surface area contributed by atoms with Crippen LogP contribution in [-0.2, 0) is 12.8 Å². The molecule has 3 aromatic rings. The molecule has 0 saturated heterocycles. The maximum absolute atomic E-state index is 13.7. The fraction of sp³-hybridized carbons (Fsp3) is 0.360. The number of nitrogens with zero attached hydrogens (tertiary/aromatic N) is 2. The van der Waals surface area contributed by atoms with E-state index in [0.29, 0.717) is 18.6 Å². The van der Waals surface area contributed by atoms with E-state index in [2.05, 4.69) is 0 Å². The summed E-state index contributed by atoms with van der Waals surface area (Å²) in [5, 5.41) is 4.72. The number of aryl methyl sites for hydroxylation is 2. The maximum atomic E-state index is 13.7. The van der Waals surface area contributed by atoms with Gasteiger partial charge in [-0.15, -0.1) is 0 Å². The lowest BCUT2D eigenvalue weighted by molar-refractivity contribution is 0.415. The number of methoxy groups -OCH3 is 1. The number of aromatic nitrogens is 2. The van der Waals surface area contributed by atoms with E-state index in [0.717, 1.165) is 53.6 Å². The summed E-state index contributed by atoms with van der Waals surface area (Å²) in [5.41, 5.74) is 4.09.